The maximum atomic E-state index is 14.1. The summed E-state index contributed by atoms with van der Waals surface area (Å²) < 4.78 is 52.2. The normalized spacial score (nSPS) is 19.5. The molecule has 6 nitrogen and oxygen atoms in total. The molecule has 0 N–H and O–H groups in total. The molecule has 0 radical (unpaired) electrons. The predicted molar refractivity (Wildman–Crippen MR) is 136 cm³/mol. The molecule has 38 heavy (non-hydrogen) atoms. The van der Waals surface area contributed by atoms with Crippen LogP contribution in [-0.2, 0) is 36.9 Å². The molecule has 2 aliphatic rings. The second kappa shape index (κ2) is 10.3. The minimum Gasteiger partial charge on any atom is -0.493 e. The van der Waals surface area contributed by atoms with E-state index in [2.05, 4.69) is 4.98 Å². The second-order valence-corrected chi connectivity index (χ2v) is 9.79. The number of amides is 1. The van der Waals surface area contributed by atoms with E-state index in [0.717, 1.165) is 34.5 Å². The van der Waals surface area contributed by atoms with E-state index in [4.69, 9.17) is 9.47 Å². The van der Waals surface area contributed by atoms with Crippen molar-refractivity contribution >= 4 is 5.91 Å². The van der Waals surface area contributed by atoms with Crippen LogP contribution in [0.4, 0.5) is 13.2 Å². The highest BCUT2D eigenvalue weighted by Gasteiger charge is 2.40. The van der Waals surface area contributed by atoms with E-state index in [1.54, 1.807) is 14.2 Å². The summed E-state index contributed by atoms with van der Waals surface area (Å²) in [7, 11) is 3.17. The lowest BCUT2D eigenvalue weighted by atomic mass is 9.89. The molecule has 2 unspecified atom stereocenters. The van der Waals surface area contributed by atoms with Gasteiger partial charge in [-0.25, -0.2) is 0 Å². The van der Waals surface area contributed by atoms with Gasteiger partial charge in [-0.1, -0.05) is 24.3 Å². The van der Waals surface area contributed by atoms with Crippen LogP contribution in [0.15, 0.2) is 54.9 Å². The fourth-order valence-corrected chi connectivity index (χ4v) is 5.67. The molecular formula is C29H30F3N3O3. The number of nitrogens with zero attached hydrogens (tertiary/aromatic N) is 3. The Morgan fingerprint density at radius 2 is 1.76 bits per heavy atom. The van der Waals surface area contributed by atoms with Gasteiger partial charge in [-0.05, 0) is 65.8 Å². The SMILES string of the molecule is COc1cc2c(cc1OC)C(C)N(C(=O)C1Cc3ccccc3CN1Cc1cnccc1C(F)(F)F)CC2. The largest absolute Gasteiger partial charge is 0.493 e. The monoisotopic (exact) mass is 525 g/mol. The molecule has 0 fully saturated rings. The number of alkyl halides is 3. The van der Waals surface area contributed by atoms with Crippen molar-refractivity contribution in [2.75, 3.05) is 20.8 Å². The van der Waals surface area contributed by atoms with Gasteiger partial charge in [0.15, 0.2) is 11.5 Å². The van der Waals surface area contributed by atoms with Crippen LogP contribution >= 0.6 is 0 Å². The molecule has 0 aliphatic carbocycles. The minimum absolute atomic E-state index is 0.0305. The van der Waals surface area contributed by atoms with Crippen molar-refractivity contribution in [1.82, 2.24) is 14.8 Å². The molecule has 200 valence electrons. The maximum absolute atomic E-state index is 14.1. The van der Waals surface area contributed by atoms with Crippen molar-refractivity contribution in [3.05, 3.63) is 88.2 Å². The van der Waals surface area contributed by atoms with Gasteiger partial charge >= 0.3 is 6.18 Å². The number of rotatable bonds is 5. The third-order valence-electron chi connectivity index (χ3n) is 7.68. The van der Waals surface area contributed by atoms with Crippen LogP contribution in [0.5, 0.6) is 11.5 Å². The lowest BCUT2D eigenvalue weighted by Gasteiger charge is -2.42. The summed E-state index contributed by atoms with van der Waals surface area (Å²) in [5.74, 6) is 1.15. The first-order valence-electron chi connectivity index (χ1n) is 12.6. The van der Waals surface area contributed by atoms with Crippen molar-refractivity contribution in [2.24, 2.45) is 0 Å². The van der Waals surface area contributed by atoms with Crippen LogP contribution in [0.2, 0.25) is 0 Å². The van der Waals surface area contributed by atoms with Gasteiger partial charge in [-0.3, -0.25) is 14.7 Å². The summed E-state index contributed by atoms with van der Waals surface area (Å²) in [6.07, 6.45) is -1.02. The fraction of sp³-hybridized carbons (Fsp3) is 0.379. The van der Waals surface area contributed by atoms with Crippen LogP contribution in [-0.4, -0.2) is 47.5 Å². The molecule has 0 saturated heterocycles. The van der Waals surface area contributed by atoms with Gasteiger partial charge in [0.2, 0.25) is 5.91 Å². The second-order valence-electron chi connectivity index (χ2n) is 9.79. The molecule has 2 aromatic carbocycles. The van der Waals surface area contributed by atoms with Crippen LogP contribution in [0.3, 0.4) is 0 Å². The summed E-state index contributed by atoms with van der Waals surface area (Å²) >= 11 is 0. The summed E-state index contributed by atoms with van der Waals surface area (Å²) in [6.45, 7) is 2.83. The highest BCUT2D eigenvalue weighted by Crippen LogP contribution is 2.39. The maximum Gasteiger partial charge on any atom is 0.416 e. The smallest absolute Gasteiger partial charge is 0.416 e. The van der Waals surface area contributed by atoms with E-state index in [9.17, 15) is 18.0 Å². The third kappa shape index (κ3) is 4.82. The Balaban J connectivity index is 1.48. The molecule has 5 rings (SSSR count). The van der Waals surface area contributed by atoms with Gasteiger partial charge < -0.3 is 14.4 Å². The van der Waals surface area contributed by atoms with E-state index in [0.29, 0.717) is 37.4 Å². The van der Waals surface area contributed by atoms with Crippen molar-refractivity contribution < 1.29 is 27.4 Å². The van der Waals surface area contributed by atoms with Crippen molar-refractivity contribution in [1.29, 1.82) is 0 Å². The molecule has 2 atom stereocenters. The molecule has 0 saturated carbocycles. The number of methoxy groups -OCH3 is 2. The molecule has 2 aliphatic heterocycles. The number of hydrogen-bond donors (Lipinski definition) is 0. The molecular weight excluding hydrogens is 495 g/mol. The number of fused-ring (bicyclic) bond motifs is 2. The first kappa shape index (κ1) is 26.0. The quantitative estimate of drug-likeness (QED) is 0.459. The van der Waals surface area contributed by atoms with Crippen LogP contribution in [0.25, 0.3) is 0 Å². The first-order valence-corrected chi connectivity index (χ1v) is 12.6. The average molecular weight is 526 g/mol. The summed E-state index contributed by atoms with van der Waals surface area (Å²) in [5, 5.41) is 0. The topological polar surface area (TPSA) is 54.9 Å². The lowest BCUT2D eigenvalue weighted by Crippen LogP contribution is -2.53. The number of carbonyl (C=O) groups excluding carboxylic acids is 1. The highest BCUT2D eigenvalue weighted by molar-refractivity contribution is 5.83. The van der Waals surface area contributed by atoms with E-state index in [1.165, 1.54) is 6.20 Å². The number of pyridine rings is 1. The number of aromatic nitrogens is 1. The molecule has 1 amide bonds. The van der Waals surface area contributed by atoms with E-state index < -0.39 is 17.8 Å². The Hall–Kier alpha value is -3.59. The molecule has 3 aromatic rings. The van der Waals surface area contributed by atoms with Crippen molar-refractivity contribution in [2.45, 2.75) is 51.1 Å². The summed E-state index contributed by atoms with van der Waals surface area (Å²) in [6, 6.07) is 11.8. The van der Waals surface area contributed by atoms with Gasteiger partial charge in [0.25, 0.3) is 0 Å². The number of halogens is 3. The zero-order valence-corrected chi connectivity index (χ0v) is 21.6. The van der Waals surface area contributed by atoms with Crippen molar-refractivity contribution in [3.8, 4) is 11.5 Å². The number of carbonyl (C=O) groups is 1. The molecule has 0 bridgehead atoms. The number of ether oxygens (including phenoxy) is 2. The zero-order chi connectivity index (χ0) is 27.0. The lowest BCUT2D eigenvalue weighted by molar-refractivity contribution is -0.141. The number of hydrogen-bond acceptors (Lipinski definition) is 5. The van der Waals surface area contributed by atoms with Gasteiger partial charge in [0, 0.05) is 32.0 Å². The van der Waals surface area contributed by atoms with E-state index in [1.807, 2.05) is 53.1 Å². The van der Waals surface area contributed by atoms with E-state index in [-0.39, 0.29) is 24.1 Å². The summed E-state index contributed by atoms with van der Waals surface area (Å²) in [5.41, 5.74) is 3.47. The van der Waals surface area contributed by atoms with Crippen LogP contribution in [0, 0.1) is 0 Å². The van der Waals surface area contributed by atoms with Gasteiger partial charge in [0.1, 0.15) is 0 Å². The third-order valence-corrected chi connectivity index (χ3v) is 7.68. The highest BCUT2D eigenvalue weighted by atomic mass is 19.4. The Bertz CT molecular complexity index is 1340. The zero-order valence-electron chi connectivity index (χ0n) is 21.6. The Morgan fingerprint density at radius 1 is 1.05 bits per heavy atom. The van der Waals surface area contributed by atoms with Gasteiger partial charge in [0.05, 0.1) is 31.9 Å². The summed E-state index contributed by atoms with van der Waals surface area (Å²) in [4.78, 5) is 21.8. The predicted octanol–water partition coefficient (Wildman–Crippen LogP) is 5.19. The average Bonchev–Trinajstić information content (AvgIpc) is 2.91. The van der Waals surface area contributed by atoms with Gasteiger partial charge in [-0.2, -0.15) is 13.2 Å². The Morgan fingerprint density at radius 3 is 2.47 bits per heavy atom. The van der Waals surface area contributed by atoms with Crippen LogP contribution < -0.4 is 9.47 Å². The number of benzene rings is 2. The van der Waals surface area contributed by atoms with Crippen LogP contribution in [0.1, 0.15) is 46.3 Å². The Labute approximate surface area is 220 Å². The first-order chi connectivity index (χ1) is 18.2. The Kier molecular flexibility index (Phi) is 7.05. The van der Waals surface area contributed by atoms with E-state index >= 15 is 0 Å². The minimum atomic E-state index is -4.50. The molecule has 3 heterocycles. The molecule has 0 spiro atoms. The molecule has 9 heteroatoms. The van der Waals surface area contributed by atoms with Crippen molar-refractivity contribution in [3.63, 3.8) is 0 Å². The fourth-order valence-electron chi connectivity index (χ4n) is 5.67. The molecule has 1 aromatic heterocycles. The standard InChI is InChI=1S/C29H30F3N3O3/c1-18-23-14-27(38-3)26(37-2)13-20(23)9-11-35(18)28(36)25-12-19-6-4-5-7-21(19)16-34(25)17-22-15-33-10-8-24(22)29(30,31)32/h4-8,10,13-15,18,25H,9,11-12,16-17H2,1-3H3. The van der Waals surface area contributed by atoms with Gasteiger partial charge in [-0.15, -0.1) is 0 Å².